The van der Waals surface area contributed by atoms with Gasteiger partial charge in [0, 0.05) is 0 Å². The van der Waals surface area contributed by atoms with Crippen molar-refractivity contribution in [2.75, 3.05) is 5.75 Å². The highest BCUT2D eigenvalue weighted by Gasteiger charge is 2.04. The van der Waals surface area contributed by atoms with Crippen molar-refractivity contribution < 1.29 is 14.7 Å². The van der Waals surface area contributed by atoms with E-state index in [9.17, 15) is 9.59 Å². The third-order valence-corrected chi connectivity index (χ3v) is 2.26. The minimum Gasteiger partial charge on any atom is -0.465 e. The van der Waals surface area contributed by atoms with Crippen molar-refractivity contribution in [1.29, 1.82) is 0 Å². The van der Waals surface area contributed by atoms with Crippen molar-refractivity contribution in [2.45, 2.75) is 0 Å². The van der Waals surface area contributed by atoms with Gasteiger partial charge in [0.05, 0.1) is 11.4 Å². The van der Waals surface area contributed by atoms with E-state index < -0.39 is 6.09 Å². The molecule has 0 spiro atoms. The molecule has 0 radical (unpaired) electrons. The van der Waals surface area contributed by atoms with E-state index in [0.29, 0.717) is 12.0 Å². The quantitative estimate of drug-likeness (QED) is 0.478. The molecule has 1 aromatic rings. The monoisotopic (exact) mass is 238 g/mol. The summed E-state index contributed by atoms with van der Waals surface area (Å²) in [4.78, 5) is 24.7. The minimum absolute atomic E-state index is 0.159. The summed E-state index contributed by atoms with van der Waals surface area (Å²) in [7, 11) is 0. The van der Waals surface area contributed by atoms with Crippen LogP contribution in [0.4, 0.5) is 10.5 Å². The molecule has 5 nitrogen and oxygen atoms in total. The molecule has 0 bridgehead atoms. The van der Waals surface area contributed by atoms with Crippen LogP contribution in [0.25, 0.3) is 0 Å². The maximum Gasteiger partial charge on any atom is 0.410 e. The standard InChI is InChI=1S/C10H10N2O3S/c13-6-7-16-9(12-10(14)15)11-8-4-2-1-3-5-8/h1-6H,7H2,(H,11,12)(H,14,15). The Morgan fingerprint density at radius 2 is 2.12 bits per heavy atom. The zero-order valence-corrected chi connectivity index (χ0v) is 9.11. The van der Waals surface area contributed by atoms with Crippen LogP contribution in [-0.4, -0.2) is 28.4 Å². The van der Waals surface area contributed by atoms with Crippen LogP contribution in [-0.2, 0) is 4.79 Å². The van der Waals surface area contributed by atoms with Crippen molar-refractivity contribution in [1.82, 2.24) is 5.32 Å². The van der Waals surface area contributed by atoms with Crippen molar-refractivity contribution in [2.24, 2.45) is 4.99 Å². The van der Waals surface area contributed by atoms with Crippen LogP contribution >= 0.6 is 11.8 Å². The van der Waals surface area contributed by atoms with Crippen LogP contribution in [0, 0.1) is 0 Å². The molecule has 0 aliphatic heterocycles. The average molecular weight is 238 g/mol. The van der Waals surface area contributed by atoms with Gasteiger partial charge in [-0.3, -0.25) is 5.32 Å². The second-order valence-corrected chi connectivity index (χ2v) is 3.67. The zero-order chi connectivity index (χ0) is 11.8. The summed E-state index contributed by atoms with van der Waals surface area (Å²) in [5.41, 5.74) is 0.629. The molecule has 1 amide bonds. The Labute approximate surface area is 96.6 Å². The number of amidine groups is 1. The summed E-state index contributed by atoms with van der Waals surface area (Å²) in [6.45, 7) is 0. The molecule has 1 rings (SSSR count). The Hall–Kier alpha value is -1.82. The predicted molar refractivity (Wildman–Crippen MR) is 63.2 cm³/mol. The van der Waals surface area contributed by atoms with Gasteiger partial charge in [-0.2, -0.15) is 0 Å². The van der Waals surface area contributed by atoms with E-state index in [1.807, 2.05) is 6.07 Å². The average Bonchev–Trinajstić information content (AvgIpc) is 2.26. The number of carboxylic acid groups (broad SMARTS) is 1. The lowest BCUT2D eigenvalue weighted by Gasteiger charge is -2.03. The molecule has 0 unspecified atom stereocenters. The number of thioether (sulfide) groups is 1. The SMILES string of the molecule is O=CCSC(=Nc1ccccc1)NC(=O)O. The van der Waals surface area contributed by atoms with Gasteiger partial charge in [-0.15, -0.1) is 0 Å². The van der Waals surface area contributed by atoms with Gasteiger partial charge in [0.1, 0.15) is 6.29 Å². The van der Waals surface area contributed by atoms with Crippen molar-refractivity contribution >= 4 is 35.0 Å². The smallest absolute Gasteiger partial charge is 0.410 e. The van der Waals surface area contributed by atoms with E-state index in [0.717, 1.165) is 11.8 Å². The van der Waals surface area contributed by atoms with Crippen LogP contribution in [0.2, 0.25) is 0 Å². The molecule has 0 aromatic heterocycles. The first-order valence-electron chi connectivity index (χ1n) is 4.42. The number of hydrogen-bond acceptors (Lipinski definition) is 4. The molecule has 0 saturated carbocycles. The van der Waals surface area contributed by atoms with Gasteiger partial charge in [0.2, 0.25) is 0 Å². The number of nitrogens with zero attached hydrogens (tertiary/aromatic N) is 1. The number of carbonyl (C=O) groups is 2. The Kier molecular flexibility index (Phi) is 5.07. The number of aliphatic imine (C=N–C) groups is 1. The van der Waals surface area contributed by atoms with Crippen LogP contribution in [0.15, 0.2) is 35.3 Å². The fraction of sp³-hybridized carbons (Fsp3) is 0.100. The van der Waals surface area contributed by atoms with Crippen LogP contribution < -0.4 is 5.32 Å². The molecular formula is C10H10N2O3S. The minimum atomic E-state index is -1.20. The summed E-state index contributed by atoms with van der Waals surface area (Å²) in [6.07, 6.45) is -0.512. The molecule has 0 saturated heterocycles. The Bertz CT molecular complexity index is 392. The fourth-order valence-electron chi connectivity index (χ4n) is 0.921. The van der Waals surface area contributed by atoms with E-state index >= 15 is 0 Å². The van der Waals surface area contributed by atoms with E-state index in [1.165, 1.54) is 0 Å². The largest absolute Gasteiger partial charge is 0.465 e. The van der Waals surface area contributed by atoms with E-state index in [-0.39, 0.29) is 10.9 Å². The van der Waals surface area contributed by atoms with Gasteiger partial charge >= 0.3 is 6.09 Å². The van der Waals surface area contributed by atoms with Gasteiger partial charge in [-0.05, 0) is 12.1 Å². The second-order valence-electron chi connectivity index (χ2n) is 2.66. The van der Waals surface area contributed by atoms with E-state index in [2.05, 4.69) is 10.3 Å². The van der Waals surface area contributed by atoms with Crippen molar-refractivity contribution in [3.05, 3.63) is 30.3 Å². The fourth-order valence-corrected chi connectivity index (χ4v) is 1.48. The van der Waals surface area contributed by atoms with Gasteiger partial charge < -0.3 is 9.90 Å². The second kappa shape index (κ2) is 6.62. The number of amides is 1. The zero-order valence-electron chi connectivity index (χ0n) is 8.29. The third-order valence-electron chi connectivity index (χ3n) is 1.49. The molecule has 0 aliphatic rings. The lowest BCUT2D eigenvalue weighted by atomic mass is 10.3. The molecule has 0 aliphatic carbocycles. The number of para-hydroxylation sites is 1. The van der Waals surface area contributed by atoms with Crippen molar-refractivity contribution in [3.63, 3.8) is 0 Å². The summed E-state index contributed by atoms with van der Waals surface area (Å²) in [5.74, 6) is 0.159. The predicted octanol–water partition coefficient (Wildman–Crippen LogP) is 1.87. The topological polar surface area (TPSA) is 78.8 Å². The molecule has 1 aromatic carbocycles. The van der Waals surface area contributed by atoms with Gasteiger partial charge in [-0.1, -0.05) is 30.0 Å². The Morgan fingerprint density at radius 1 is 1.44 bits per heavy atom. The number of rotatable bonds is 3. The summed E-state index contributed by atoms with van der Waals surface area (Å²) in [5, 5.41) is 10.9. The maximum absolute atomic E-state index is 10.5. The Balaban J connectivity index is 2.78. The number of benzene rings is 1. The van der Waals surface area contributed by atoms with E-state index in [1.54, 1.807) is 24.3 Å². The lowest BCUT2D eigenvalue weighted by Crippen LogP contribution is -2.26. The Morgan fingerprint density at radius 3 is 2.69 bits per heavy atom. The maximum atomic E-state index is 10.5. The van der Waals surface area contributed by atoms with Crippen LogP contribution in [0.5, 0.6) is 0 Å². The van der Waals surface area contributed by atoms with Gasteiger partial charge in [0.15, 0.2) is 5.17 Å². The number of nitrogens with one attached hydrogen (secondary N) is 1. The molecular weight excluding hydrogens is 228 g/mol. The van der Waals surface area contributed by atoms with Crippen LogP contribution in [0.3, 0.4) is 0 Å². The summed E-state index contributed by atoms with van der Waals surface area (Å²) in [6, 6.07) is 8.90. The normalized spacial score (nSPS) is 10.9. The first kappa shape index (κ1) is 12.3. The first-order valence-corrected chi connectivity index (χ1v) is 5.41. The summed E-state index contributed by atoms with van der Waals surface area (Å²) >= 11 is 1.03. The number of carbonyl (C=O) groups excluding carboxylic acids is 1. The third kappa shape index (κ3) is 4.61. The van der Waals surface area contributed by atoms with E-state index in [4.69, 9.17) is 5.11 Å². The van der Waals surface area contributed by atoms with Gasteiger partial charge in [-0.25, -0.2) is 9.79 Å². The molecule has 0 atom stereocenters. The summed E-state index contributed by atoms with van der Waals surface area (Å²) < 4.78 is 0. The van der Waals surface area contributed by atoms with Crippen molar-refractivity contribution in [3.8, 4) is 0 Å². The highest BCUT2D eigenvalue weighted by Crippen LogP contribution is 2.13. The molecule has 0 fully saturated rings. The number of hydrogen-bond donors (Lipinski definition) is 2. The molecule has 84 valence electrons. The first-order chi connectivity index (χ1) is 7.72. The highest BCUT2D eigenvalue weighted by molar-refractivity contribution is 8.14. The molecule has 6 heteroatoms. The molecule has 0 heterocycles. The van der Waals surface area contributed by atoms with Gasteiger partial charge in [0.25, 0.3) is 0 Å². The van der Waals surface area contributed by atoms with Crippen LogP contribution in [0.1, 0.15) is 0 Å². The molecule has 2 N–H and O–H groups in total. The molecule has 16 heavy (non-hydrogen) atoms. The lowest BCUT2D eigenvalue weighted by molar-refractivity contribution is -0.105. The number of aldehydes is 1. The highest BCUT2D eigenvalue weighted by atomic mass is 32.2.